The van der Waals surface area contributed by atoms with Crippen LogP contribution in [0.5, 0.6) is 0 Å². The average molecular weight is 231 g/mol. The number of rotatable bonds is 5. The molecule has 1 rings (SSSR count). The first-order chi connectivity index (χ1) is 7.13. The van der Waals surface area contributed by atoms with Crippen LogP contribution >= 0.6 is 11.8 Å². The molecule has 1 aromatic rings. The lowest BCUT2D eigenvalue weighted by atomic mass is 10.0. The van der Waals surface area contributed by atoms with Gasteiger partial charge in [-0.1, -0.05) is 0 Å². The smallest absolute Gasteiger partial charge is 0.126 e. The lowest BCUT2D eigenvalue weighted by Gasteiger charge is -2.11. The molecule has 4 heteroatoms. The Morgan fingerprint density at radius 3 is 2.80 bits per heavy atom. The molecule has 0 radical (unpaired) electrons. The molecule has 0 aliphatic carbocycles. The maximum Gasteiger partial charge on any atom is 0.126 e. The highest BCUT2D eigenvalue weighted by atomic mass is 32.2. The van der Waals surface area contributed by atoms with E-state index < -0.39 is 5.82 Å². The zero-order valence-electron chi connectivity index (χ0n) is 8.67. The van der Waals surface area contributed by atoms with Crippen LogP contribution in [0.3, 0.4) is 0 Å². The van der Waals surface area contributed by atoms with Crippen LogP contribution in [0.25, 0.3) is 0 Å². The van der Waals surface area contributed by atoms with Gasteiger partial charge in [-0.15, -0.1) is 0 Å². The molecule has 0 heterocycles. The van der Waals surface area contributed by atoms with Crippen LogP contribution in [-0.2, 0) is 6.42 Å². The molecule has 0 amide bonds. The summed E-state index contributed by atoms with van der Waals surface area (Å²) >= 11 is 1.70. The van der Waals surface area contributed by atoms with E-state index in [0.29, 0.717) is 12.0 Å². The molecule has 0 fully saturated rings. The van der Waals surface area contributed by atoms with Crippen molar-refractivity contribution in [3.8, 4) is 0 Å². The van der Waals surface area contributed by atoms with Gasteiger partial charge in [0.1, 0.15) is 11.6 Å². The largest absolute Gasteiger partial charge is 0.327 e. The van der Waals surface area contributed by atoms with Gasteiger partial charge in [0.15, 0.2) is 0 Å². The minimum atomic E-state index is -0.413. The first-order valence-electron chi connectivity index (χ1n) is 4.82. The Kier molecular flexibility index (Phi) is 5.05. The van der Waals surface area contributed by atoms with Crippen LogP contribution < -0.4 is 5.73 Å². The highest BCUT2D eigenvalue weighted by molar-refractivity contribution is 7.98. The maximum absolute atomic E-state index is 13.2. The van der Waals surface area contributed by atoms with Crippen molar-refractivity contribution in [3.05, 3.63) is 35.4 Å². The van der Waals surface area contributed by atoms with E-state index in [9.17, 15) is 8.78 Å². The van der Waals surface area contributed by atoms with Crippen LogP contribution in [0.4, 0.5) is 8.78 Å². The van der Waals surface area contributed by atoms with Crippen molar-refractivity contribution in [3.63, 3.8) is 0 Å². The van der Waals surface area contributed by atoms with Crippen LogP contribution in [0.15, 0.2) is 18.2 Å². The van der Waals surface area contributed by atoms with Gasteiger partial charge >= 0.3 is 0 Å². The second-order valence-corrected chi connectivity index (χ2v) is 4.47. The third kappa shape index (κ3) is 4.18. The van der Waals surface area contributed by atoms with Gasteiger partial charge in [0.2, 0.25) is 0 Å². The van der Waals surface area contributed by atoms with E-state index in [0.717, 1.165) is 24.3 Å². The lowest BCUT2D eigenvalue weighted by Crippen LogP contribution is -2.24. The summed E-state index contributed by atoms with van der Waals surface area (Å²) in [7, 11) is 0. The molecule has 0 aliphatic rings. The average Bonchev–Trinajstić information content (AvgIpc) is 2.20. The summed E-state index contributed by atoms with van der Waals surface area (Å²) in [5.74, 6) is 0.150. The lowest BCUT2D eigenvalue weighted by molar-refractivity contribution is 0.564. The Morgan fingerprint density at radius 1 is 1.40 bits per heavy atom. The van der Waals surface area contributed by atoms with Crippen LogP contribution in [-0.4, -0.2) is 18.1 Å². The standard InChI is InChI=1S/C11H15F2NS/c1-15-5-4-10(14)7-8-6-9(12)2-3-11(8)13/h2-3,6,10H,4-5,7,14H2,1H3. The number of nitrogens with two attached hydrogens (primary N) is 1. The van der Waals surface area contributed by atoms with Gasteiger partial charge in [0.25, 0.3) is 0 Å². The summed E-state index contributed by atoms with van der Waals surface area (Å²) in [4.78, 5) is 0. The predicted octanol–water partition coefficient (Wildman–Crippen LogP) is 2.59. The Morgan fingerprint density at radius 2 is 2.13 bits per heavy atom. The number of hydrogen-bond acceptors (Lipinski definition) is 2. The third-order valence-corrected chi connectivity index (χ3v) is 2.83. The summed E-state index contributed by atoms with van der Waals surface area (Å²) < 4.78 is 26.1. The second-order valence-electron chi connectivity index (χ2n) is 3.48. The highest BCUT2D eigenvalue weighted by Gasteiger charge is 2.09. The minimum absolute atomic E-state index is 0.103. The second kappa shape index (κ2) is 6.08. The zero-order valence-corrected chi connectivity index (χ0v) is 9.49. The fraction of sp³-hybridized carbons (Fsp3) is 0.455. The molecule has 2 N–H and O–H groups in total. The summed E-state index contributed by atoms with van der Waals surface area (Å²) in [6.45, 7) is 0. The van der Waals surface area contributed by atoms with E-state index in [4.69, 9.17) is 5.73 Å². The van der Waals surface area contributed by atoms with E-state index in [2.05, 4.69) is 0 Å². The van der Waals surface area contributed by atoms with Crippen molar-refractivity contribution in [1.29, 1.82) is 0 Å². The Balaban J connectivity index is 2.59. The normalized spacial score (nSPS) is 12.8. The molecule has 0 spiro atoms. The van der Waals surface area contributed by atoms with Gasteiger partial charge in [-0.25, -0.2) is 8.78 Å². The Labute approximate surface area is 93.1 Å². The van der Waals surface area contributed by atoms with Crippen molar-refractivity contribution >= 4 is 11.8 Å². The van der Waals surface area contributed by atoms with Gasteiger partial charge < -0.3 is 5.73 Å². The molecule has 1 atom stereocenters. The number of hydrogen-bond donors (Lipinski definition) is 1. The topological polar surface area (TPSA) is 26.0 Å². The molecule has 0 aliphatic heterocycles. The quantitative estimate of drug-likeness (QED) is 0.843. The van der Waals surface area contributed by atoms with Gasteiger partial charge in [0, 0.05) is 6.04 Å². The first kappa shape index (κ1) is 12.5. The molecule has 15 heavy (non-hydrogen) atoms. The van der Waals surface area contributed by atoms with Gasteiger partial charge in [-0.2, -0.15) is 11.8 Å². The molecule has 0 bridgehead atoms. The first-order valence-corrected chi connectivity index (χ1v) is 6.21. The number of benzene rings is 1. The van der Waals surface area contributed by atoms with Crippen LogP contribution in [0.1, 0.15) is 12.0 Å². The van der Waals surface area contributed by atoms with E-state index in [1.165, 1.54) is 6.07 Å². The van der Waals surface area contributed by atoms with E-state index in [1.807, 2.05) is 6.26 Å². The molecular formula is C11H15F2NS. The fourth-order valence-electron chi connectivity index (χ4n) is 1.35. The molecule has 1 unspecified atom stereocenters. The van der Waals surface area contributed by atoms with Crippen molar-refractivity contribution in [1.82, 2.24) is 0 Å². The van der Waals surface area contributed by atoms with Crippen molar-refractivity contribution < 1.29 is 8.78 Å². The minimum Gasteiger partial charge on any atom is -0.327 e. The summed E-state index contributed by atoms with van der Waals surface area (Å²) in [6, 6.07) is 3.38. The molecule has 1 nitrogen and oxygen atoms in total. The Bertz CT molecular complexity index is 317. The molecule has 0 saturated carbocycles. The van der Waals surface area contributed by atoms with E-state index in [1.54, 1.807) is 11.8 Å². The van der Waals surface area contributed by atoms with Gasteiger partial charge in [-0.3, -0.25) is 0 Å². The Hall–Kier alpha value is -0.610. The maximum atomic E-state index is 13.2. The van der Waals surface area contributed by atoms with Gasteiger partial charge in [0.05, 0.1) is 0 Å². The monoisotopic (exact) mass is 231 g/mol. The molecule has 84 valence electrons. The van der Waals surface area contributed by atoms with Crippen LogP contribution in [0.2, 0.25) is 0 Å². The number of thioether (sulfide) groups is 1. The summed E-state index contributed by atoms with van der Waals surface area (Å²) in [6.07, 6.45) is 3.21. The SMILES string of the molecule is CSCCC(N)Cc1cc(F)ccc1F. The van der Waals surface area contributed by atoms with E-state index >= 15 is 0 Å². The summed E-state index contributed by atoms with van der Waals surface area (Å²) in [5.41, 5.74) is 6.17. The van der Waals surface area contributed by atoms with Crippen molar-refractivity contribution in [2.75, 3.05) is 12.0 Å². The zero-order chi connectivity index (χ0) is 11.3. The van der Waals surface area contributed by atoms with Crippen molar-refractivity contribution in [2.45, 2.75) is 18.9 Å². The van der Waals surface area contributed by atoms with Gasteiger partial charge in [-0.05, 0) is 48.6 Å². The molecule has 1 aromatic carbocycles. The third-order valence-electron chi connectivity index (χ3n) is 2.18. The molecule has 0 aromatic heterocycles. The predicted molar refractivity (Wildman–Crippen MR) is 61.0 cm³/mol. The van der Waals surface area contributed by atoms with Crippen molar-refractivity contribution in [2.24, 2.45) is 5.73 Å². The molecular weight excluding hydrogens is 216 g/mol. The fourth-order valence-corrected chi connectivity index (χ4v) is 1.89. The van der Waals surface area contributed by atoms with Crippen LogP contribution in [0, 0.1) is 11.6 Å². The highest BCUT2D eigenvalue weighted by Crippen LogP contribution is 2.13. The number of halogens is 2. The van der Waals surface area contributed by atoms with E-state index in [-0.39, 0.29) is 11.9 Å². The summed E-state index contributed by atoms with van der Waals surface area (Å²) in [5, 5.41) is 0. The molecule has 0 saturated heterocycles.